The molecule has 0 fully saturated rings. The quantitative estimate of drug-likeness (QED) is 0.353. The molecule has 0 spiro atoms. The van der Waals surface area contributed by atoms with E-state index in [9.17, 15) is 4.79 Å². The smallest absolute Gasteiger partial charge is 0.259 e. The van der Waals surface area contributed by atoms with Gasteiger partial charge in [-0.05, 0) is 42.9 Å². The van der Waals surface area contributed by atoms with Gasteiger partial charge in [0.1, 0.15) is 11.9 Å². The summed E-state index contributed by atoms with van der Waals surface area (Å²) >= 11 is 23.1. The number of para-hydroxylation sites is 2. The minimum absolute atomic E-state index is 0.199. The Bertz CT molecular complexity index is 785. The summed E-state index contributed by atoms with van der Waals surface area (Å²) in [6.07, 6.45) is -1.06. The van der Waals surface area contributed by atoms with E-state index in [0.29, 0.717) is 5.75 Å². The second-order valence-electron chi connectivity index (χ2n) is 5.56. The van der Waals surface area contributed by atoms with Crippen LogP contribution in [0.1, 0.15) is 5.56 Å². The molecular formula is C18H18Cl3N3O2S. The summed E-state index contributed by atoms with van der Waals surface area (Å²) in [6.45, 7) is 1.70. The summed E-state index contributed by atoms with van der Waals surface area (Å²) in [4.78, 5) is 12.2. The molecule has 0 aromatic heterocycles. The van der Waals surface area contributed by atoms with Gasteiger partial charge < -0.3 is 20.7 Å². The van der Waals surface area contributed by atoms with Crippen molar-refractivity contribution in [3.8, 4) is 5.75 Å². The van der Waals surface area contributed by atoms with Gasteiger partial charge in [-0.1, -0.05) is 71.2 Å². The summed E-state index contributed by atoms with van der Waals surface area (Å²) in [5, 5.41) is 8.56. The van der Waals surface area contributed by atoms with Crippen LogP contribution in [0.15, 0.2) is 54.6 Å². The molecule has 0 saturated heterocycles. The molecule has 1 atom stereocenters. The number of anilines is 1. The first kappa shape index (κ1) is 21.6. The largest absolute Gasteiger partial charge is 0.484 e. The average Bonchev–Trinajstić information content (AvgIpc) is 2.61. The molecular weight excluding hydrogens is 429 g/mol. The Balaban J connectivity index is 1.93. The van der Waals surface area contributed by atoms with Gasteiger partial charge in [-0.15, -0.1) is 0 Å². The van der Waals surface area contributed by atoms with Crippen LogP contribution in [-0.4, -0.2) is 27.6 Å². The summed E-state index contributed by atoms with van der Waals surface area (Å²) in [6, 6.07) is 16.5. The number of ether oxygens (including phenoxy) is 1. The highest BCUT2D eigenvalue weighted by atomic mass is 35.6. The molecule has 0 aliphatic rings. The van der Waals surface area contributed by atoms with Gasteiger partial charge >= 0.3 is 0 Å². The number of carbonyl (C=O) groups excluding carboxylic acids is 1. The predicted molar refractivity (Wildman–Crippen MR) is 115 cm³/mol. The van der Waals surface area contributed by atoms with E-state index < -0.39 is 15.9 Å². The summed E-state index contributed by atoms with van der Waals surface area (Å²) < 4.78 is 3.55. The Morgan fingerprint density at radius 2 is 1.70 bits per heavy atom. The van der Waals surface area contributed by atoms with Crippen molar-refractivity contribution in [1.82, 2.24) is 10.6 Å². The van der Waals surface area contributed by atoms with Gasteiger partial charge in [0.15, 0.2) is 11.7 Å². The summed E-state index contributed by atoms with van der Waals surface area (Å²) in [5.74, 6) is 0.0872. The van der Waals surface area contributed by atoms with Crippen molar-refractivity contribution >= 4 is 63.7 Å². The van der Waals surface area contributed by atoms with Gasteiger partial charge in [0.2, 0.25) is 3.79 Å². The van der Waals surface area contributed by atoms with Crippen LogP contribution in [0.2, 0.25) is 0 Å². The monoisotopic (exact) mass is 445 g/mol. The number of thiocarbonyl (C=S) groups is 1. The van der Waals surface area contributed by atoms with Gasteiger partial charge in [0.05, 0.1) is 0 Å². The third-order valence-corrected chi connectivity index (χ3v) is 4.29. The van der Waals surface area contributed by atoms with Crippen LogP contribution in [0.4, 0.5) is 5.69 Å². The van der Waals surface area contributed by atoms with Crippen LogP contribution in [0.3, 0.4) is 0 Å². The zero-order valence-corrected chi connectivity index (χ0v) is 17.4. The van der Waals surface area contributed by atoms with Crippen LogP contribution in [-0.2, 0) is 4.79 Å². The highest BCUT2D eigenvalue weighted by molar-refractivity contribution is 7.80. The fourth-order valence-electron chi connectivity index (χ4n) is 2.07. The van der Waals surface area contributed by atoms with Crippen LogP contribution >= 0.6 is 47.0 Å². The minimum Gasteiger partial charge on any atom is -0.484 e. The van der Waals surface area contributed by atoms with Crippen molar-refractivity contribution in [2.75, 3.05) is 11.9 Å². The van der Waals surface area contributed by atoms with Crippen molar-refractivity contribution < 1.29 is 9.53 Å². The van der Waals surface area contributed by atoms with E-state index in [2.05, 4.69) is 16.0 Å². The average molecular weight is 447 g/mol. The van der Waals surface area contributed by atoms with Crippen LogP contribution in [0.5, 0.6) is 5.75 Å². The van der Waals surface area contributed by atoms with E-state index in [4.69, 9.17) is 51.8 Å². The molecule has 144 valence electrons. The minimum atomic E-state index is -1.83. The van der Waals surface area contributed by atoms with E-state index in [0.717, 1.165) is 11.3 Å². The number of benzene rings is 2. The molecule has 27 heavy (non-hydrogen) atoms. The molecule has 0 aliphatic heterocycles. The van der Waals surface area contributed by atoms with Crippen molar-refractivity contribution in [2.24, 2.45) is 0 Å². The number of rotatable bonds is 6. The van der Waals surface area contributed by atoms with Crippen LogP contribution in [0.25, 0.3) is 0 Å². The van der Waals surface area contributed by atoms with E-state index in [1.807, 2.05) is 37.3 Å². The molecule has 2 aromatic carbocycles. The summed E-state index contributed by atoms with van der Waals surface area (Å²) in [7, 11) is 0. The maximum absolute atomic E-state index is 12.2. The molecule has 0 heterocycles. The van der Waals surface area contributed by atoms with Gasteiger partial charge in [-0.2, -0.15) is 0 Å². The number of carbonyl (C=O) groups is 1. The Kier molecular flexibility index (Phi) is 7.98. The van der Waals surface area contributed by atoms with E-state index in [1.165, 1.54) is 0 Å². The van der Waals surface area contributed by atoms with Gasteiger partial charge in [-0.3, -0.25) is 4.79 Å². The lowest BCUT2D eigenvalue weighted by Gasteiger charge is -2.28. The molecule has 0 radical (unpaired) electrons. The molecule has 1 amide bonds. The molecule has 0 unspecified atom stereocenters. The Morgan fingerprint density at radius 1 is 1.07 bits per heavy atom. The van der Waals surface area contributed by atoms with Gasteiger partial charge in [0, 0.05) is 5.69 Å². The highest BCUT2D eigenvalue weighted by Gasteiger charge is 2.34. The zero-order chi connectivity index (χ0) is 19.9. The number of hydrogen-bond donors (Lipinski definition) is 3. The number of halogens is 3. The maximum atomic E-state index is 12.2. The standard InChI is InChI=1S/C18H18Cl3N3O2S/c1-12-7-5-6-10-14(12)22-17(27)24-16(18(19,20)21)23-15(25)11-26-13-8-3-2-4-9-13/h2-10,16H,11H2,1H3,(H,23,25)(H2,22,24,27)/t16-/m1/s1. The SMILES string of the molecule is Cc1ccccc1NC(=S)N[C@@H](NC(=O)COc1ccccc1)C(Cl)(Cl)Cl. The van der Waals surface area contributed by atoms with Crippen LogP contribution < -0.4 is 20.7 Å². The van der Waals surface area contributed by atoms with Crippen molar-refractivity contribution in [1.29, 1.82) is 0 Å². The van der Waals surface area contributed by atoms with Crippen molar-refractivity contribution in [2.45, 2.75) is 16.9 Å². The maximum Gasteiger partial charge on any atom is 0.259 e. The molecule has 9 heteroatoms. The first-order valence-electron chi connectivity index (χ1n) is 7.93. The van der Waals surface area contributed by atoms with E-state index in [-0.39, 0.29) is 11.7 Å². The van der Waals surface area contributed by atoms with E-state index >= 15 is 0 Å². The second kappa shape index (κ2) is 9.99. The molecule has 2 rings (SSSR count). The Hall–Kier alpha value is -1.73. The lowest BCUT2D eigenvalue weighted by molar-refractivity contribution is -0.123. The molecule has 5 nitrogen and oxygen atoms in total. The number of hydrogen-bond acceptors (Lipinski definition) is 3. The number of nitrogens with one attached hydrogen (secondary N) is 3. The first-order chi connectivity index (χ1) is 12.8. The molecule has 2 aromatic rings. The first-order valence-corrected chi connectivity index (χ1v) is 9.47. The molecule has 0 bridgehead atoms. The number of amides is 1. The Morgan fingerprint density at radius 3 is 2.33 bits per heavy atom. The van der Waals surface area contributed by atoms with Crippen molar-refractivity contribution in [3.05, 3.63) is 60.2 Å². The lowest BCUT2D eigenvalue weighted by atomic mass is 10.2. The molecule has 3 N–H and O–H groups in total. The molecule has 0 aliphatic carbocycles. The second-order valence-corrected chi connectivity index (χ2v) is 8.33. The van der Waals surface area contributed by atoms with Gasteiger partial charge in [0.25, 0.3) is 5.91 Å². The summed E-state index contributed by atoms with van der Waals surface area (Å²) in [5.41, 5.74) is 1.80. The van der Waals surface area contributed by atoms with Gasteiger partial charge in [-0.25, -0.2) is 0 Å². The topological polar surface area (TPSA) is 62.4 Å². The third-order valence-electron chi connectivity index (χ3n) is 3.41. The van der Waals surface area contributed by atoms with E-state index in [1.54, 1.807) is 24.3 Å². The number of aryl methyl sites for hydroxylation is 1. The predicted octanol–water partition coefficient (Wildman–Crippen LogP) is 4.17. The lowest BCUT2D eigenvalue weighted by Crippen LogP contribution is -2.57. The fourth-order valence-corrected chi connectivity index (χ4v) is 2.63. The van der Waals surface area contributed by atoms with Crippen molar-refractivity contribution in [3.63, 3.8) is 0 Å². The third kappa shape index (κ3) is 7.42. The fraction of sp³-hybridized carbons (Fsp3) is 0.222. The molecule has 0 saturated carbocycles. The van der Waals surface area contributed by atoms with Crippen LogP contribution in [0, 0.1) is 6.92 Å². The highest BCUT2D eigenvalue weighted by Crippen LogP contribution is 2.29. The zero-order valence-electron chi connectivity index (χ0n) is 14.3. The normalized spacial score (nSPS) is 12.0. The number of alkyl halides is 3. The Labute approximate surface area is 178 Å².